The zero-order chi connectivity index (χ0) is 35.2. The lowest BCUT2D eigenvalue weighted by molar-refractivity contribution is -0.143. The number of carboxylic acid groups (broad SMARTS) is 2. The van der Waals surface area contributed by atoms with E-state index in [1.165, 1.54) is 69.3 Å². The molecule has 0 aliphatic carbocycles. The molecule has 0 aliphatic heterocycles. The number of nitrogens with one attached hydrogen (secondary N) is 4. The number of benzene rings is 3. The van der Waals surface area contributed by atoms with Gasteiger partial charge in [-0.2, -0.15) is 0 Å². The van der Waals surface area contributed by atoms with E-state index in [9.17, 15) is 40.8 Å². The number of carboxylic acids is 2. The first kappa shape index (κ1) is 36.0. The molecule has 0 radical (unpaired) electrons. The Bertz CT molecular complexity index is 1950. The summed E-state index contributed by atoms with van der Waals surface area (Å²) in [5.74, 6) is -5.95. The molecule has 250 valence electrons. The second-order valence-corrected chi connectivity index (χ2v) is 14.0. The second kappa shape index (κ2) is 14.3. The highest BCUT2D eigenvalue weighted by Gasteiger charge is 2.30. The molecule has 18 heteroatoms. The molecule has 0 aromatic heterocycles. The first-order chi connectivity index (χ1) is 21.8. The van der Waals surface area contributed by atoms with Crippen molar-refractivity contribution in [2.45, 2.75) is 30.6 Å². The van der Waals surface area contributed by atoms with Crippen molar-refractivity contribution in [1.29, 1.82) is 0 Å². The lowest BCUT2D eigenvalue weighted by atomic mass is 9.97. The summed E-state index contributed by atoms with van der Waals surface area (Å²) in [6, 6.07) is 13.0. The smallest absolute Gasteiger partial charge is 0.322 e. The Labute approximate surface area is 269 Å². The monoisotopic (exact) mass is 690 g/mol. The number of anilines is 2. The van der Waals surface area contributed by atoms with E-state index < -0.39 is 83.8 Å². The maximum Gasteiger partial charge on any atom is 0.322 e. The van der Waals surface area contributed by atoms with E-state index in [4.69, 9.17) is 14.9 Å². The lowest BCUT2D eigenvalue weighted by Crippen LogP contribution is -2.30. The van der Waals surface area contributed by atoms with Crippen LogP contribution in [-0.2, 0) is 34.4 Å². The van der Waals surface area contributed by atoms with Gasteiger partial charge in [0, 0.05) is 0 Å². The van der Waals surface area contributed by atoms with Crippen molar-refractivity contribution in [3.63, 3.8) is 0 Å². The zero-order valence-electron chi connectivity index (χ0n) is 25.1. The van der Waals surface area contributed by atoms with Crippen molar-refractivity contribution < 1.29 is 55.8 Å². The minimum atomic E-state index is -4.85. The summed E-state index contributed by atoms with van der Waals surface area (Å²) >= 11 is 0. The van der Waals surface area contributed by atoms with Crippen molar-refractivity contribution in [3.05, 3.63) is 77.9 Å². The molecule has 0 saturated heterocycles. The minimum Gasteiger partial charge on any atom is -0.480 e. The van der Waals surface area contributed by atoms with Crippen molar-refractivity contribution in [2.24, 2.45) is 5.41 Å². The predicted octanol–water partition coefficient (Wildman–Crippen LogP) is 1.87. The normalized spacial score (nSPS) is 11.6. The Morgan fingerprint density at radius 3 is 1.57 bits per heavy atom. The molecule has 0 aliphatic rings. The van der Waals surface area contributed by atoms with Crippen LogP contribution in [0.5, 0.6) is 5.75 Å². The Morgan fingerprint density at radius 2 is 1.13 bits per heavy atom. The van der Waals surface area contributed by atoms with Gasteiger partial charge in [0.05, 0.1) is 32.8 Å². The molecule has 0 fully saturated rings. The number of carbonyl (C=O) groups is 5. The van der Waals surface area contributed by atoms with Crippen LogP contribution >= 0.6 is 0 Å². The SMILES string of the molecule is CC(C)(C)C(=O)Oc1ccc(S(=O)(=O)Nc2ccccc2C(=O)NCC(=O)O)cc1S(=O)(=O)Nc1ccccc1C(=O)NCC(=O)O. The number of carbonyl (C=O) groups excluding carboxylic acids is 3. The van der Waals surface area contributed by atoms with Crippen molar-refractivity contribution in [1.82, 2.24) is 10.6 Å². The number of aliphatic carboxylic acids is 2. The average molecular weight is 691 g/mol. The van der Waals surface area contributed by atoms with E-state index >= 15 is 0 Å². The van der Waals surface area contributed by atoms with Crippen molar-refractivity contribution in [2.75, 3.05) is 22.5 Å². The van der Waals surface area contributed by atoms with Crippen molar-refractivity contribution >= 4 is 61.1 Å². The molecule has 2 amide bonds. The van der Waals surface area contributed by atoms with Gasteiger partial charge in [0.15, 0.2) is 5.75 Å². The van der Waals surface area contributed by atoms with Gasteiger partial charge in [0.1, 0.15) is 18.0 Å². The number of ether oxygens (including phenoxy) is 1. The topological polar surface area (TPSA) is 251 Å². The van der Waals surface area contributed by atoms with Crippen LogP contribution in [0.2, 0.25) is 0 Å². The van der Waals surface area contributed by atoms with E-state index in [2.05, 4.69) is 20.1 Å². The van der Waals surface area contributed by atoms with Crippen LogP contribution < -0.4 is 24.8 Å². The molecule has 3 aromatic rings. The molecule has 3 rings (SSSR count). The fraction of sp³-hybridized carbons (Fsp3) is 0.207. The Balaban J connectivity index is 2.09. The highest BCUT2D eigenvalue weighted by Crippen LogP contribution is 2.32. The van der Waals surface area contributed by atoms with E-state index in [0.717, 1.165) is 12.1 Å². The van der Waals surface area contributed by atoms with Gasteiger partial charge >= 0.3 is 17.9 Å². The number of para-hydroxylation sites is 2. The van der Waals surface area contributed by atoms with Crippen LogP contribution in [0, 0.1) is 5.41 Å². The number of hydrogen-bond acceptors (Lipinski definition) is 10. The molecule has 0 spiro atoms. The summed E-state index contributed by atoms with van der Waals surface area (Å²) in [6.45, 7) is 3.00. The third kappa shape index (κ3) is 9.50. The molecule has 47 heavy (non-hydrogen) atoms. The van der Waals surface area contributed by atoms with E-state index in [-0.39, 0.29) is 22.5 Å². The van der Waals surface area contributed by atoms with E-state index in [1.54, 1.807) is 0 Å². The predicted molar refractivity (Wildman–Crippen MR) is 166 cm³/mol. The number of rotatable bonds is 13. The molecule has 6 N–H and O–H groups in total. The maximum absolute atomic E-state index is 13.8. The Morgan fingerprint density at radius 1 is 0.681 bits per heavy atom. The van der Waals surface area contributed by atoms with Crippen LogP contribution in [0.4, 0.5) is 11.4 Å². The Kier molecular flexibility index (Phi) is 10.9. The lowest BCUT2D eigenvalue weighted by Gasteiger charge is -2.20. The van der Waals surface area contributed by atoms with Gasteiger partial charge in [-0.25, -0.2) is 16.8 Å². The van der Waals surface area contributed by atoms with E-state index in [1.807, 2.05) is 0 Å². The van der Waals surface area contributed by atoms with Gasteiger partial charge in [-0.05, 0) is 63.2 Å². The second-order valence-electron chi connectivity index (χ2n) is 10.7. The quantitative estimate of drug-likeness (QED) is 0.111. The Hall–Kier alpha value is -5.49. The summed E-state index contributed by atoms with van der Waals surface area (Å²) in [6.07, 6.45) is 0. The molecule has 0 saturated carbocycles. The highest BCUT2D eigenvalue weighted by atomic mass is 32.2. The van der Waals surface area contributed by atoms with Gasteiger partial charge < -0.3 is 25.6 Å². The van der Waals surface area contributed by atoms with Gasteiger partial charge in [0.25, 0.3) is 31.9 Å². The molecular weight excluding hydrogens is 660 g/mol. The van der Waals surface area contributed by atoms with Gasteiger partial charge in [-0.1, -0.05) is 24.3 Å². The first-order valence-corrected chi connectivity index (χ1v) is 16.4. The van der Waals surface area contributed by atoms with E-state index in [0.29, 0.717) is 6.07 Å². The highest BCUT2D eigenvalue weighted by molar-refractivity contribution is 7.93. The number of sulfonamides is 2. The zero-order valence-corrected chi connectivity index (χ0v) is 26.7. The first-order valence-electron chi connectivity index (χ1n) is 13.4. The third-order valence-electron chi connectivity index (χ3n) is 5.96. The number of amides is 2. The van der Waals surface area contributed by atoms with Gasteiger partial charge in [0.2, 0.25) is 0 Å². The van der Waals surface area contributed by atoms with Gasteiger partial charge in [-0.3, -0.25) is 33.4 Å². The number of hydrogen-bond donors (Lipinski definition) is 6. The van der Waals surface area contributed by atoms with Gasteiger partial charge in [-0.15, -0.1) is 0 Å². The molecule has 0 heterocycles. The van der Waals surface area contributed by atoms with Crippen LogP contribution in [0.25, 0.3) is 0 Å². The largest absolute Gasteiger partial charge is 0.480 e. The average Bonchev–Trinajstić information content (AvgIpc) is 2.98. The molecule has 0 unspecified atom stereocenters. The van der Waals surface area contributed by atoms with Crippen LogP contribution in [0.1, 0.15) is 41.5 Å². The third-order valence-corrected chi connectivity index (χ3v) is 8.71. The standard InChI is InChI=1S/C29H30N4O12S2/c1-29(2,3)28(40)45-22-13-12-17(46(41,42)32-20-10-6-4-8-18(20)26(38)30-15-24(34)35)14-23(22)47(43,44)33-21-11-7-5-9-19(21)27(39)31-16-25(36)37/h4-14,32-33H,15-16H2,1-3H3,(H,30,38)(H,31,39)(H,34,35)(H,36,37). The van der Waals surface area contributed by atoms with Crippen LogP contribution in [-0.4, -0.2) is 69.9 Å². The molecular formula is C29H30N4O12S2. The summed E-state index contributed by atoms with van der Waals surface area (Å²) in [5.41, 5.74) is -2.19. The summed E-state index contributed by atoms with van der Waals surface area (Å²) in [4.78, 5) is 58.1. The maximum atomic E-state index is 13.8. The van der Waals surface area contributed by atoms with Crippen LogP contribution in [0.15, 0.2) is 76.5 Å². The fourth-order valence-corrected chi connectivity index (χ4v) is 6.06. The fourth-order valence-electron chi connectivity index (χ4n) is 3.65. The van der Waals surface area contributed by atoms with Crippen molar-refractivity contribution in [3.8, 4) is 5.75 Å². The number of esters is 1. The summed E-state index contributed by atoms with van der Waals surface area (Å²) in [7, 11) is -9.52. The molecule has 3 aromatic carbocycles. The summed E-state index contributed by atoms with van der Waals surface area (Å²) in [5, 5.41) is 22.0. The molecule has 16 nitrogen and oxygen atoms in total. The molecule has 0 atom stereocenters. The molecule has 0 bridgehead atoms. The summed E-state index contributed by atoms with van der Waals surface area (Å²) < 4.78 is 64.1. The van der Waals surface area contributed by atoms with Crippen LogP contribution in [0.3, 0.4) is 0 Å². The minimum absolute atomic E-state index is 0.236.